The molecule has 1 amide bonds. The van der Waals surface area contributed by atoms with Gasteiger partial charge in [-0.3, -0.25) is 15.3 Å². The van der Waals surface area contributed by atoms with Crippen molar-refractivity contribution in [2.24, 2.45) is 0 Å². The van der Waals surface area contributed by atoms with E-state index in [1.807, 2.05) is 0 Å². The van der Waals surface area contributed by atoms with E-state index in [9.17, 15) is 9.59 Å². The standard InChI is InChI=1S/C16H14Cl2N6O4/c1-2-21(10-6-8-11(9-7-10)24(27)28)15(25)23-16(26)22(19-20-23)14-12(17)4-3-5-13(14)18/h3-9,27-28H,2H2,1H3. The van der Waals surface area contributed by atoms with E-state index in [0.29, 0.717) is 10.4 Å². The number of carbonyl (C=O) groups is 1. The molecular formula is C16H14Cl2N6O4. The molecule has 0 spiro atoms. The molecule has 10 nitrogen and oxygen atoms in total. The van der Waals surface area contributed by atoms with Crippen LogP contribution in [-0.2, 0) is 0 Å². The molecule has 3 aromatic rings. The van der Waals surface area contributed by atoms with Gasteiger partial charge in [0.25, 0.3) is 0 Å². The normalized spacial score (nSPS) is 10.8. The van der Waals surface area contributed by atoms with Gasteiger partial charge in [0.2, 0.25) is 0 Å². The van der Waals surface area contributed by atoms with Gasteiger partial charge in [-0.25, -0.2) is 9.59 Å². The molecule has 2 aromatic carbocycles. The Balaban J connectivity index is 1.98. The maximum absolute atomic E-state index is 12.8. The molecular weight excluding hydrogens is 411 g/mol. The molecule has 28 heavy (non-hydrogen) atoms. The molecule has 0 aliphatic rings. The van der Waals surface area contributed by atoms with Crippen LogP contribution in [0, 0.1) is 0 Å². The second-order valence-corrected chi connectivity index (χ2v) is 6.30. The van der Waals surface area contributed by atoms with Gasteiger partial charge in [-0.1, -0.05) is 29.3 Å². The summed E-state index contributed by atoms with van der Waals surface area (Å²) in [5, 5.41) is 25.7. The van der Waals surface area contributed by atoms with E-state index in [0.717, 1.165) is 4.68 Å². The number of nitrogens with zero attached hydrogens (tertiary/aromatic N) is 6. The third-order valence-electron chi connectivity index (χ3n) is 3.85. The average molecular weight is 425 g/mol. The molecule has 0 unspecified atom stereocenters. The van der Waals surface area contributed by atoms with Gasteiger partial charge in [0.15, 0.2) is 0 Å². The third kappa shape index (κ3) is 3.58. The fraction of sp³-hybridized carbons (Fsp3) is 0.125. The topological polar surface area (TPSA) is 117 Å². The van der Waals surface area contributed by atoms with Crippen molar-refractivity contribution in [3.8, 4) is 5.69 Å². The van der Waals surface area contributed by atoms with E-state index < -0.39 is 11.7 Å². The molecule has 0 saturated carbocycles. The summed E-state index contributed by atoms with van der Waals surface area (Å²) in [5.74, 6) is 0. The zero-order valence-electron chi connectivity index (χ0n) is 14.4. The molecule has 0 radical (unpaired) electrons. The lowest BCUT2D eigenvalue weighted by Gasteiger charge is -2.20. The van der Waals surface area contributed by atoms with Crippen molar-refractivity contribution >= 4 is 40.6 Å². The zero-order valence-corrected chi connectivity index (χ0v) is 15.9. The summed E-state index contributed by atoms with van der Waals surface area (Å²) in [7, 11) is 0. The number of anilines is 2. The minimum absolute atomic E-state index is 0.0503. The average Bonchev–Trinajstić information content (AvgIpc) is 3.04. The van der Waals surface area contributed by atoms with Crippen LogP contribution in [0.3, 0.4) is 0 Å². The first-order valence-electron chi connectivity index (χ1n) is 7.94. The van der Waals surface area contributed by atoms with E-state index in [2.05, 4.69) is 10.4 Å². The van der Waals surface area contributed by atoms with Crippen LogP contribution in [-0.4, -0.2) is 42.8 Å². The number of hydrogen-bond donors (Lipinski definition) is 2. The molecule has 1 heterocycles. The number of amides is 1. The van der Waals surface area contributed by atoms with Crippen molar-refractivity contribution in [3.63, 3.8) is 0 Å². The number of rotatable bonds is 4. The number of para-hydroxylation sites is 1. The second kappa shape index (κ2) is 7.98. The fourth-order valence-corrected chi connectivity index (χ4v) is 3.06. The smallest absolute Gasteiger partial charge is 0.293 e. The quantitative estimate of drug-likeness (QED) is 0.488. The summed E-state index contributed by atoms with van der Waals surface area (Å²) in [6, 6.07) is 9.65. The Labute approximate surface area is 168 Å². The molecule has 2 N–H and O–H groups in total. The van der Waals surface area contributed by atoms with Crippen LogP contribution in [0.4, 0.5) is 16.2 Å². The number of hydrogen-bond acceptors (Lipinski definition) is 7. The highest BCUT2D eigenvalue weighted by molar-refractivity contribution is 6.37. The maximum Gasteiger partial charge on any atom is 0.377 e. The molecule has 0 fully saturated rings. The van der Waals surface area contributed by atoms with Gasteiger partial charge >= 0.3 is 11.7 Å². The van der Waals surface area contributed by atoms with Crippen molar-refractivity contribution in [1.29, 1.82) is 0 Å². The van der Waals surface area contributed by atoms with E-state index in [1.54, 1.807) is 13.0 Å². The van der Waals surface area contributed by atoms with Gasteiger partial charge in [-0.2, -0.15) is 4.68 Å². The van der Waals surface area contributed by atoms with Crippen molar-refractivity contribution in [2.75, 3.05) is 16.7 Å². The number of aromatic nitrogens is 4. The lowest BCUT2D eigenvalue weighted by molar-refractivity contribution is 0.0292. The van der Waals surface area contributed by atoms with Crippen LogP contribution in [0.5, 0.6) is 0 Å². The predicted molar refractivity (Wildman–Crippen MR) is 102 cm³/mol. The Hall–Kier alpha value is -2.92. The lowest BCUT2D eigenvalue weighted by Crippen LogP contribution is -2.41. The first-order valence-corrected chi connectivity index (χ1v) is 8.70. The molecule has 12 heteroatoms. The Morgan fingerprint density at radius 2 is 1.61 bits per heavy atom. The van der Waals surface area contributed by atoms with Crippen LogP contribution >= 0.6 is 23.2 Å². The van der Waals surface area contributed by atoms with E-state index in [-0.39, 0.29) is 33.2 Å². The van der Waals surface area contributed by atoms with Crippen LogP contribution in [0.2, 0.25) is 10.0 Å². The minimum atomic E-state index is -0.841. The molecule has 0 aliphatic carbocycles. The summed E-state index contributed by atoms with van der Waals surface area (Å²) in [6.07, 6.45) is 0. The van der Waals surface area contributed by atoms with Gasteiger partial charge in [-0.15, -0.1) is 9.91 Å². The van der Waals surface area contributed by atoms with Crippen molar-refractivity contribution in [1.82, 2.24) is 19.8 Å². The first kappa shape index (κ1) is 19.8. The summed E-state index contributed by atoms with van der Waals surface area (Å²) in [4.78, 5) is 26.8. The molecule has 1 aromatic heterocycles. The molecule has 0 bridgehead atoms. The van der Waals surface area contributed by atoms with Crippen LogP contribution < -0.4 is 15.8 Å². The van der Waals surface area contributed by atoms with Gasteiger partial charge < -0.3 is 0 Å². The monoisotopic (exact) mass is 424 g/mol. The second-order valence-electron chi connectivity index (χ2n) is 5.49. The molecule has 0 aliphatic heterocycles. The minimum Gasteiger partial charge on any atom is -0.293 e. The van der Waals surface area contributed by atoms with Crippen molar-refractivity contribution in [3.05, 3.63) is 63.0 Å². The van der Waals surface area contributed by atoms with Gasteiger partial charge in [0.05, 0.1) is 15.7 Å². The molecule has 146 valence electrons. The predicted octanol–water partition coefficient (Wildman–Crippen LogP) is 2.82. The van der Waals surface area contributed by atoms with Crippen LogP contribution in [0.15, 0.2) is 47.3 Å². The molecule has 0 saturated heterocycles. The number of benzene rings is 2. The molecule has 3 rings (SSSR count). The largest absolute Gasteiger partial charge is 0.377 e. The van der Waals surface area contributed by atoms with E-state index in [4.69, 9.17) is 33.6 Å². The number of tetrazole rings is 1. The fourth-order valence-electron chi connectivity index (χ4n) is 2.51. The zero-order chi connectivity index (χ0) is 20.4. The van der Waals surface area contributed by atoms with E-state index >= 15 is 0 Å². The highest BCUT2D eigenvalue weighted by Gasteiger charge is 2.23. The summed E-state index contributed by atoms with van der Waals surface area (Å²) in [5.41, 5.74) is -0.209. The lowest BCUT2D eigenvalue weighted by atomic mass is 10.2. The molecule has 0 atom stereocenters. The highest BCUT2D eigenvalue weighted by atomic mass is 35.5. The van der Waals surface area contributed by atoms with Crippen LogP contribution in [0.1, 0.15) is 6.92 Å². The SMILES string of the molecule is CCN(C(=O)n1nnn(-c2c(Cl)cccc2Cl)c1=O)c1ccc(N(O)O)cc1. The Kier molecular flexibility index (Phi) is 5.66. The number of carbonyl (C=O) groups excluding carboxylic acids is 1. The number of halogens is 2. The van der Waals surface area contributed by atoms with Crippen molar-refractivity contribution < 1.29 is 15.2 Å². The van der Waals surface area contributed by atoms with E-state index in [1.165, 1.54) is 41.3 Å². The van der Waals surface area contributed by atoms with Gasteiger partial charge in [0, 0.05) is 12.2 Å². The van der Waals surface area contributed by atoms with Gasteiger partial charge in [-0.05, 0) is 53.7 Å². The maximum atomic E-state index is 12.8. The summed E-state index contributed by atoms with van der Waals surface area (Å²) < 4.78 is 1.43. The van der Waals surface area contributed by atoms with Gasteiger partial charge in [0.1, 0.15) is 5.69 Å². The Morgan fingerprint density at radius 1 is 1.04 bits per heavy atom. The third-order valence-corrected chi connectivity index (χ3v) is 4.46. The summed E-state index contributed by atoms with van der Waals surface area (Å²) in [6.45, 7) is 1.92. The Morgan fingerprint density at radius 3 is 2.14 bits per heavy atom. The summed E-state index contributed by atoms with van der Waals surface area (Å²) >= 11 is 12.2. The first-order chi connectivity index (χ1) is 13.3. The van der Waals surface area contributed by atoms with Crippen molar-refractivity contribution in [2.45, 2.75) is 6.92 Å². The van der Waals surface area contributed by atoms with Crippen LogP contribution in [0.25, 0.3) is 5.69 Å². The Bertz CT molecular complexity index is 1040. The highest BCUT2D eigenvalue weighted by Crippen LogP contribution is 2.26.